The number of esters is 1. The molecule has 0 aromatic heterocycles. The van der Waals surface area contributed by atoms with Crippen LogP contribution in [-0.2, 0) is 14.3 Å². The Labute approximate surface area is 184 Å². The van der Waals surface area contributed by atoms with Crippen molar-refractivity contribution in [1.82, 2.24) is 0 Å². The Morgan fingerprint density at radius 1 is 1.07 bits per heavy atom. The molecule has 0 bridgehead atoms. The molecule has 0 saturated heterocycles. The molecule has 0 fully saturated rings. The third-order valence-corrected chi connectivity index (χ3v) is 5.32. The minimum atomic E-state index is -0.652. The standard InChI is InChI=1S/C22H20Cl2N2O4/c1-3-4-11-30-22(29)14-6-9-16(10-7-14)26-20(27)18(24)19(21(26)28)25-15-8-5-13(2)17(23)12-15/h5-10,12,25H,3-4,11H2,1-2H3. The quantitative estimate of drug-likeness (QED) is 0.366. The fourth-order valence-electron chi connectivity index (χ4n) is 2.80. The Morgan fingerprint density at radius 3 is 2.40 bits per heavy atom. The molecule has 2 amide bonds. The molecule has 0 spiro atoms. The van der Waals surface area contributed by atoms with Crippen LogP contribution in [0.15, 0.2) is 53.2 Å². The number of rotatable bonds is 7. The zero-order chi connectivity index (χ0) is 21.8. The fourth-order valence-corrected chi connectivity index (χ4v) is 3.19. The maximum atomic E-state index is 12.9. The zero-order valence-electron chi connectivity index (χ0n) is 16.5. The van der Waals surface area contributed by atoms with Crippen LogP contribution in [0.3, 0.4) is 0 Å². The molecular formula is C22H20Cl2N2O4. The highest BCUT2D eigenvalue weighted by molar-refractivity contribution is 6.53. The van der Waals surface area contributed by atoms with Gasteiger partial charge in [0.15, 0.2) is 0 Å². The highest BCUT2D eigenvalue weighted by Crippen LogP contribution is 2.31. The van der Waals surface area contributed by atoms with Crippen molar-refractivity contribution >= 4 is 52.4 Å². The van der Waals surface area contributed by atoms with Crippen LogP contribution in [0.1, 0.15) is 35.7 Å². The number of nitrogens with one attached hydrogen (secondary N) is 1. The lowest BCUT2D eigenvalue weighted by molar-refractivity contribution is -0.120. The lowest BCUT2D eigenvalue weighted by Gasteiger charge is -2.15. The molecule has 8 heteroatoms. The Balaban J connectivity index is 1.76. The van der Waals surface area contributed by atoms with Crippen LogP contribution in [0, 0.1) is 6.92 Å². The lowest BCUT2D eigenvalue weighted by atomic mass is 10.2. The molecule has 2 aromatic rings. The first kappa shape index (κ1) is 21.9. The number of anilines is 2. The van der Waals surface area contributed by atoms with Gasteiger partial charge in [-0.25, -0.2) is 9.69 Å². The second-order valence-electron chi connectivity index (χ2n) is 6.76. The Morgan fingerprint density at radius 2 is 1.77 bits per heavy atom. The smallest absolute Gasteiger partial charge is 0.338 e. The molecule has 0 unspecified atom stereocenters. The van der Waals surface area contributed by atoms with Gasteiger partial charge in [-0.1, -0.05) is 42.6 Å². The molecular weight excluding hydrogens is 427 g/mol. The van der Waals surface area contributed by atoms with Crippen molar-refractivity contribution in [3.63, 3.8) is 0 Å². The van der Waals surface area contributed by atoms with Crippen molar-refractivity contribution < 1.29 is 19.1 Å². The summed E-state index contributed by atoms with van der Waals surface area (Å²) in [5.74, 6) is -1.70. The van der Waals surface area contributed by atoms with Gasteiger partial charge in [-0.15, -0.1) is 0 Å². The summed E-state index contributed by atoms with van der Waals surface area (Å²) in [7, 11) is 0. The number of ether oxygens (including phenoxy) is 1. The largest absolute Gasteiger partial charge is 0.462 e. The van der Waals surface area contributed by atoms with Gasteiger partial charge >= 0.3 is 5.97 Å². The van der Waals surface area contributed by atoms with Crippen LogP contribution in [0.4, 0.5) is 11.4 Å². The third kappa shape index (κ3) is 4.50. The number of carbonyl (C=O) groups is 3. The number of aryl methyl sites for hydroxylation is 1. The summed E-state index contributed by atoms with van der Waals surface area (Å²) in [4.78, 5) is 38.4. The van der Waals surface area contributed by atoms with E-state index in [0.717, 1.165) is 23.3 Å². The summed E-state index contributed by atoms with van der Waals surface area (Å²) < 4.78 is 5.16. The number of unbranched alkanes of at least 4 members (excludes halogenated alkanes) is 1. The number of imide groups is 1. The Hall–Kier alpha value is -2.83. The molecule has 156 valence electrons. The Kier molecular flexibility index (Phi) is 6.80. The van der Waals surface area contributed by atoms with Gasteiger partial charge in [0, 0.05) is 10.7 Å². The normalized spacial score (nSPS) is 13.8. The van der Waals surface area contributed by atoms with Crippen molar-refractivity contribution in [1.29, 1.82) is 0 Å². The van der Waals surface area contributed by atoms with Crippen molar-refractivity contribution in [2.45, 2.75) is 26.7 Å². The minimum Gasteiger partial charge on any atom is -0.462 e. The topological polar surface area (TPSA) is 75.7 Å². The molecule has 0 saturated carbocycles. The summed E-state index contributed by atoms with van der Waals surface area (Å²) >= 11 is 12.3. The molecule has 0 aliphatic carbocycles. The molecule has 6 nitrogen and oxygen atoms in total. The van der Waals surface area contributed by atoms with E-state index in [-0.39, 0.29) is 10.7 Å². The van der Waals surface area contributed by atoms with E-state index in [1.54, 1.807) is 18.2 Å². The molecule has 1 aliphatic rings. The highest BCUT2D eigenvalue weighted by atomic mass is 35.5. The van der Waals surface area contributed by atoms with Gasteiger partial charge in [0.05, 0.1) is 17.9 Å². The van der Waals surface area contributed by atoms with Crippen LogP contribution >= 0.6 is 23.2 Å². The predicted octanol–water partition coefficient (Wildman–Crippen LogP) is 5.04. The third-order valence-electron chi connectivity index (χ3n) is 4.56. The first-order chi connectivity index (χ1) is 14.3. The van der Waals surface area contributed by atoms with Gasteiger partial charge in [-0.3, -0.25) is 9.59 Å². The second-order valence-corrected chi connectivity index (χ2v) is 7.55. The highest BCUT2D eigenvalue weighted by Gasteiger charge is 2.39. The average Bonchev–Trinajstić information content (AvgIpc) is 2.94. The van der Waals surface area contributed by atoms with Crippen LogP contribution in [0.5, 0.6) is 0 Å². The zero-order valence-corrected chi connectivity index (χ0v) is 18.0. The van der Waals surface area contributed by atoms with E-state index in [2.05, 4.69) is 5.32 Å². The van der Waals surface area contributed by atoms with Crippen molar-refractivity contribution in [3.05, 3.63) is 69.3 Å². The van der Waals surface area contributed by atoms with Gasteiger partial charge in [0.1, 0.15) is 10.7 Å². The summed E-state index contributed by atoms with van der Waals surface area (Å²) in [6.07, 6.45) is 1.71. The van der Waals surface area contributed by atoms with E-state index >= 15 is 0 Å². The number of carbonyl (C=O) groups excluding carboxylic acids is 3. The maximum absolute atomic E-state index is 12.9. The van der Waals surface area contributed by atoms with E-state index in [0.29, 0.717) is 28.6 Å². The average molecular weight is 447 g/mol. The molecule has 3 rings (SSSR count). The molecule has 1 N–H and O–H groups in total. The molecule has 2 aromatic carbocycles. The molecule has 1 aliphatic heterocycles. The minimum absolute atomic E-state index is 0.0374. The molecule has 0 radical (unpaired) electrons. The first-order valence-corrected chi connectivity index (χ1v) is 10.2. The first-order valence-electron chi connectivity index (χ1n) is 9.42. The van der Waals surface area contributed by atoms with Gasteiger partial charge in [0.25, 0.3) is 11.8 Å². The van der Waals surface area contributed by atoms with Gasteiger partial charge in [-0.2, -0.15) is 0 Å². The molecule has 0 atom stereocenters. The summed E-state index contributed by atoms with van der Waals surface area (Å²) in [6, 6.07) is 11.2. The number of halogens is 2. The van der Waals surface area contributed by atoms with Crippen molar-refractivity contribution in [3.8, 4) is 0 Å². The van der Waals surface area contributed by atoms with Gasteiger partial charge in [0.2, 0.25) is 0 Å². The van der Waals surface area contributed by atoms with Crippen LogP contribution in [0.2, 0.25) is 5.02 Å². The number of nitrogens with zero attached hydrogens (tertiary/aromatic N) is 1. The van der Waals surface area contributed by atoms with Crippen LogP contribution in [0.25, 0.3) is 0 Å². The van der Waals surface area contributed by atoms with E-state index < -0.39 is 17.8 Å². The van der Waals surface area contributed by atoms with Crippen LogP contribution < -0.4 is 10.2 Å². The lowest BCUT2D eigenvalue weighted by Crippen LogP contribution is -2.32. The van der Waals surface area contributed by atoms with Crippen molar-refractivity contribution in [2.75, 3.05) is 16.8 Å². The molecule has 30 heavy (non-hydrogen) atoms. The van der Waals surface area contributed by atoms with Crippen molar-refractivity contribution in [2.24, 2.45) is 0 Å². The molecule has 1 heterocycles. The van der Waals surface area contributed by atoms with Crippen LogP contribution in [-0.4, -0.2) is 24.4 Å². The number of amides is 2. The van der Waals surface area contributed by atoms with E-state index in [4.69, 9.17) is 27.9 Å². The Bertz CT molecular complexity index is 1030. The predicted molar refractivity (Wildman–Crippen MR) is 117 cm³/mol. The number of hydrogen-bond acceptors (Lipinski definition) is 5. The van der Waals surface area contributed by atoms with E-state index in [1.807, 2.05) is 13.8 Å². The second kappa shape index (κ2) is 9.32. The summed E-state index contributed by atoms with van der Waals surface area (Å²) in [6.45, 7) is 4.20. The SMILES string of the molecule is CCCCOC(=O)c1ccc(N2C(=O)C(Cl)=C(Nc3ccc(C)c(Cl)c3)C2=O)cc1. The number of benzene rings is 2. The van der Waals surface area contributed by atoms with E-state index in [9.17, 15) is 14.4 Å². The fraction of sp³-hybridized carbons (Fsp3) is 0.227. The number of hydrogen-bond donors (Lipinski definition) is 1. The monoisotopic (exact) mass is 446 g/mol. The maximum Gasteiger partial charge on any atom is 0.338 e. The summed E-state index contributed by atoms with van der Waals surface area (Å²) in [5, 5.41) is 3.17. The van der Waals surface area contributed by atoms with Gasteiger partial charge < -0.3 is 10.1 Å². The van der Waals surface area contributed by atoms with E-state index in [1.165, 1.54) is 24.3 Å². The summed E-state index contributed by atoms with van der Waals surface area (Å²) in [5.41, 5.74) is 2.01. The van der Waals surface area contributed by atoms with Gasteiger partial charge in [-0.05, 0) is 55.3 Å².